The van der Waals surface area contributed by atoms with Crippen LogP contribution >= 0.6 is 11.6 Å². The molecule has 1 atom stereocenters. The Morgan fingerprint density at radius 2 is 2.10 bits per heavy atom. The number of ether oxygens (including phenoxy) is 2. The van der Waals surface area contributed by atoms with Crippen molar-refractivity contribution in [2.75, 3.05) is 6.61 Å². The van der Waals surface area contributed by atoms with E-state index in [1.165, 1.54) is 0 Å². The van der Waals surface area contributed by atoms with Gasteiger partial charge in [-0.15, -0.1) is 0 Å². The van der Waals surface area contributed by atoms with Crippen LogP contribution in [-0.2, 0) is 6.54 Å². The van der Waals surface area contributed by atoms with E-state index in [9.17, 15) is 0 Å². The van der Waals surface area contributed by atoms with Crippen molar-refractivity contribution < 1.29 is 9.47 Å². The highest BCUT2D eigenvalue weighted by Crippen LogP contribution is 2.29. The number of benzene rings is 2. The molecule has 1 aliphatic rings. The lowest BCUT2D eigenvalue weighted by atomic mass is 10.1. The van der Waals surface area contributed by atoms with Crippen molar-refractivity contribution in [3.05, 3.63) is 71.4 Å². The van der Waals surface area contributed by atoms with Gasteiger partial charge < -0.3 is 9.47 Å². The molecule has 0 aliphatic carbocycles. The molecule has 142 valence electrons. The average Bonchev–Trinajstić information content (AvgIpc) is 3.30. The van der Waals surface area contributed by atoms with E-state index in [0.29, 0.717) is 35.5 Å². The number of imidazole rings is 1. The van der Waals surface area contributed by atoms with Crippen molar-refractivity contribution in [2.45, 2.75) is 12.6 Å². The maximum atomic E-state index is 9.02. The Balaban J connectivity index is 1.25. The molecule has 0 unspecified atom stereocenters. The summed E-state index contributed by atoms with van der Waals surface area (Å²) in [7, 11) is 0. The van der Waals surface area contributed by atoms with Crippen LogP contribution in [0.4, 0.5) is 0 Å². The molecule has 0 radical (unpaired) electrons. The Bertz CT molecular complexity index is 1240. The number of pyridine rings is 1. The normalized spacial score (nSPS) is 15.0. The van der Waals surface area contributed by atoms with Crippen LogP contribution in [0.5, 0.6) is 11.8 Å². The molecule has 2 aromatic heterocycles. The first-order valence-electron chi connectivity index (χ1n) is 9.12. The highest BCUT2D eigenvalue weighted by Gasteiger charge is 2.27. The zero-order chi connectivity index (χ0) is 19.8. The predicted octanol–water partition coefficient (Wildman–Crippen LogP) is 4.46. The molecule has 0 fully saturated rings. The fourth-order valence-electron chi connectivity index (χ4n) is 3.40. The molecule has 0 amide bonds. The molecule has 29 heavy (non-hydrogen) atoms. The number of rotatable bonds is 4. The van der Waals surface area contributed by atoms with E-state index < -0.39 is 0 Å². The molecular weight excluding hydrogens is 388 g/mol. The second-order valence-electron chi connectivity index (χ2n) is 6.73. The molecule has 0 spiro atoms. The number of hydrogen-bond acceptors (Lipinski definition) is 5. The van der Waals surface area contributed by atoms with E-state index in [2.05, 4.69) is 16.0 Å². The van der Waals surface area contributed by atoms with Gasteiger partial charge in [0, 0.05) is 10.6 Å². The third-order valence-corrected chi connectivity index (χ3v) is 5.15. The number of hydrogen-bond donors (Lipinski definition) is 0. The van der Waals surface area contributed by atoms with E-state index in [1.54, 1.807) is 18.3 Å². The molecule has 2 aromatic carbocycles. The minimum Gasteiger partial charge on any atom is -0.488 e. The van der Waals surface area contributed by atoms with Gasteiger partial charge in [0.15, 0.2) is 6.10 Å². The van der Waals surface area contributed by atoms with E-state index in [-0.39, 0.29) is 6.10 Å². The summed E-state index contributed by atoms with van der Waals surface area (Å²) in [6.07, 6.45) is 1.55. The van der Waals surface area contributed by atoms with E-state index >= 15 is 0 Å². The van der Waals surface area contributed by atoms with Gasteiger partial charge in [0.25, 0.3) is 6.01 Å². The van der Waals surface area contributed by atoms with Crippen molar-refractivity contribution in [1.29, 1.82) is 5.26 Å². The van der Waals surface area contributed by atoms with Crippen molar-refractivity contribution >= 4 is 22.6 Å². The quantitative estimate of drug-likeness (QED) is 0.503. The minimum atomic E-state index is -0.138. The Labute approximate surface area is 171 Å². The first-order valence-corrected chi connectivity index (χ1v) is 9.50. The van der Waals surface area contributed by atoms with Crippen LogP contribution in [-0.4, -0.2) is 27.2 Å². The highest BCUT2D eigenvalue weighted by atomic mass is 35.5. The van der Waals surface area contributed by atoms with Crippen molar-refractivity contribution in [3.8, 4) is 29.1 Å². The zero-order valence-electron chi connectivity index (χ0n) is 15.2. The topological polar surface area (TPSA) is 73.0 Å². The fourth-order valence-corrected chi connectivity index (χ4v) is 3.64. The molecule has 4 aromatic rings. The number of aromatic nitrogens is 3. The minimum absolute atomic E-state index is 0.138. The van der Waals surface area contributed by atoms with Gasteiger partial charge in [-0.05, 0) is 36.4 Å². The lowest BCUT2D eigenvalue weighted by Gasteiger charge is -2.12. The van der Waals surface area contributed by atoms with Gasteiger partial charge >= 0.3 is 0 Å². The summed E-state index contributed by atoms with van der Waals surface area (Å²) in [6, 6.07) is 19.5. The number of nitriles is 1. The summed E-state index contributed by atoms with van der Waals surface area (Å²) in [4.78, 5) is 8.92. The summed E-state index contributed by atoms with van der Waals surface area (Å²) in [5.74, 6) is 0.664. The average molecular weight is 403 g/mol. The second kappa shape index (κ2) is 7.12. The Morgan fingerprint density at radius 3 is 2.90 bits per heavy atom. The van der Waals surface area contributed by atoms with Gasteiger partial charge in [-0.1, -0.05) is 29.8 Å². The lowest BCUT2D eigenvalue weighted by Crippen LogP contribution is -2.23. The highest BCUT2D eigenvalue weighted by molar-refractivity contribution is 6.33. The monoisotopic (exact) mass is 402 g/mol. The Morgan fingerprint density at radius 1 is 1.21 bits per heavy atom. The van der Waals surface area contributed by atoms with Crippen LogP contribution in [0.3, 0.4) is 0 Å². The standard InChI is InChI=1S/C22H15ClN4O2/c23-18-4-2-1-3-17(18)19-7-6-15(11-25-19)28-13-16-12-27-21-8-5-14(10-24)9-20(21)26-22(27)29-16/h1-9,11,16H,12-13H2/t16-/m0/s1. The molecule has 0 saturated carbocycles. The molecule has 0 bridgehead atoms. The molecular formula is C22H15ClN4O2. The van der Waals surface area contributed by atoms with Gasteiger partial charge in [-0.25, -0.2) is 0 Å². The molecule has 0 N–H and O–H groups in total. The maximum Gasteiger partial charge on any atom is 0.297 e. The first-order chi connectivity index (χ1) is 14.2. The second-order valence-corrected chi connectivity index (χ2v) is 7.14. The molecule has 3 heterocycles. The summed E-state index contributed by atoms with van der Waals surface area (Å²) in [6.45, 7) is 1.02. The van der Waals surface area contributed by atoms with E-state index in [1.807, 2.05) is 47.0 Å². The third-order valence-electron chi connectivity index (χ3n) is 4.82. The lowest BCUT2D eigenvalue weighted by molar-refractivity contribution is 0.143. The van der Waals surface area contributed by atoms with Gasteiger partial charge in [-0.2, -0.15) is 10.2 Å². The van der Waals surface area contributed by atoms with Crippen LogP contribution in [0, 0.1) is 11.3 Å². The van der Waals surface area contributed by atoms with Crippen molar-refractivity contribution in [3.63, 3.8) is 0 Å². The fraction of sp³-hybridized carbons (Fsp3) is 0.136. The Hall–Kier alpha value is -3.56. The van der Waals surface area contributed by atoms with Crippen LogP contribution in [0.15, 0.2) is 60.8 Å². The van der Waals surface area contributed by atoms with E-state index in [0.717, 1.165) is 22.3 Å². The zero-order valence-corrected chi connectivity index (χ0v) is 16.0. The van der Waals surface area contributed by atoms with Gasteiger partial charge in [0.05, 0.1) is 41.1 Å². The molecule has 0 saturated heterocycles. The van der Waals surface area contributed by atoms with E-state index in [4.69, 9.17) is 26.3 Å². The largest absolute Gasteiger partial charge is 0.488 e. The van der Waals surface area contributed by atoms with Crippen LogP contribution in [0.2, 0.25) is 5.02 Å². The van der Waals surface area contributed by atoms with Gasteiger partial charge in [0.1, 0.15) is 12.4 Å². The third kappa shape index (κ3) is 3.26. The number of halogens is 1. The van der Waals surface area contributed by atoms with Crippen LogP contribution in [0.25, 0.3) is 22.3 Å². The molecule has 7 heteroatoms. The predicted molar refractivity (Wildman–Crippen MR) is 109 cm³/mol. The van der Waals surface area contributed by atoms with Gasteiger partial charge in [-0.3, -0.25) is 9.55 Å². The molecule has 1 aliphatic heterocycles. The summed E-state index contributed by atoms with van der Waals surface area (Å²) in [5.41, 5.74) is 3.98. The summed E-state index contributed by atoms with van der Waals surface area (Å²) >= 11 is 6.23. The number of fused-ring (bicyclic) bond motifs is 3. The van der Waals surface area contributed by atoms with Crippen LogP contribution in [0.1, 0.15) is 5.56 Å². The van der Waals surface area contributed by atoms with Gasteiger partial charge in [0.2, 0.25) is 0 Å². The molecule has 6 nitrogen and oxygen atoms in total. The summed E-state index contributed by atoms with van der Waals surface area (Å²) < 4.78 is 13.8. The Kier molecular flexibility index (Phi) is 4.30. The van der Waals surface area contributed by atoms with Crippen LogP contribution < -0.4 is 9.47 Å². The summed E-state index contributed by atoms with van der Waals surface area (Å²) in [5, 5.41) is 9.68. The first kappa shape index (κ1) is 17.5. The molecule has 5 rings (SSSR count). The smallest absolute Gasteiger partial charge is 0.297 e. The number of nitrogens with zero attached hydrogens (tertiary/aromatic N) is 4. The van der Waals surface area contributed by atoms with Crippen molar-refractivity contribution in [1.82, 2.24) is 14.5 Å². The van der Waals surface area contributed by atoms with Crippen molar-refractivity contribution in [2.24, 2.45) is 0 Å². The SMILES string of the molecule is N#Cc1ccc2c(c1)nc1n2C[C@@H](COc2ccc(-c3ccccc3Cl)nc2)O1. The maximum absolute atomic E-state index is 9.02.